The largest absolute Gasteiger partial charge is 0.347 e. The van der Waals surface area contributed by atoms with Gasteiger partial charge in [0, 0.05) is 36.1 Å². The second kappa shape index (κ2) is 10.0. The lowest BCUT2D eigenvalue weighted by molar-refractivity contribution is 0.0949. The molecule has 0 bridgehead atoms. The Morgan fingerprint density at radius 2 is 1.91 bits per heavy atom. The van der Waals surface area contributed by atoms with Gasteiger partial charge >= 0.3 is 0 Å². The summed E-state index contributed by atoms with van der Waals surface area (Å²) in [5, 5.41) is 4.91. The molecule has 0 unspecified atom stereocenters. The SMILES string of the molecule is C=CCn1cc(C(=O)NCc2cccs2)c(=O)c2cc(S(=O)(=O)N3CCCCCC3)ccc21. The maximum atomic E-state index is 13.3. The van der Waals surface area contributed by atoms with E-state index in [1.807, 2.05) is 17.5 Å². The summed E-state index contributed by atoms with van der Waals surface area (Å²) >= 11 is 1.52. The predicted octanol–water partition coefficient (Wildman–Crippen LogP) is 3.74. The summed E-state index contributed by atoms with van der Waals surface area (Å²) in [4.78, 5) is 27.2. The van der Waals surface area contributed by atoms with E-state index >= 15 is 0 Å². The number of hydrogen-bond donors (Lipinski definition) is 1. The third-order valence-corrected chi connectivity index (χ3v) is 8.60. The molecule has 4 rings (SSSR count). The highest BCUT2D eigenvalue weighted by Crippen LogP contribution is 2.23. The minimum Gasteiger partial charge on any atom is -0.347 e. The van der Waals surface area contributed by atoms with Crippen LogP contribution in [0.5, 0.6) is 0 Å². The van der Waals surface area contributed by atoms with Crippen LogP contribution in [0.3, 0.4) is 0 Å². The van der Waals surface area contributed by atoms with Crippen LogP contribution >= 0.6 is 11.3 Å². The molecule has 0 saturated carbocycles. The number of amides is 1. The highest BCUT2D eigenvalue weighted by molar-refractivity contribution is 7.89. The van der Waals surface area contributed by atoms with Crippen LogP contribution in [0.25, 0.3) is 10.9 Å². The van der Waals surface area contributed by atoms with Gasteiger partial charge in [-0.3, -0.25) is 9.59 Å². The second-order valence-electron chi connectivity index (χ2n) is 8.07. The number of thiophene rings is 1. The molecule has 9 heteroatoms. The van der Waals surface area contributed by atoms with Crippen LogP contribution in [0.15, 0.2) is 64.3 Å². The van der Waals surface area contributed by atoms with Gasteiger partial charge in [0.25, 0.3) is 5.91 Å². The number of hydrogen-bond acceptors (Lipinski definition) is 5. The van der Waals surface area contributed by atoms with Gasteiger partial charge < -0.3 is 9.88 Å². The summed E-state index contributed by atoms with van der Waals surface area (Å²) in [6.07, 6.45) is 6.86. The van der Waals surface area contributed by atoms with Gasteiger partial charge in [-0.2, -0.15) is 4.31 Å². The van der Waals surface area contributed by atoms with E-state index in [2.05, 4.69) is 11.9 Å². The molecule has 3 aromatic rings. The van der Waals surface area contributed by atoms with Gasteiger partial charge in [0.15, 0.2) is 0 Å². The molecule has 0 aliphatic carbocycles. The number of benzene rings is 1. The fraction of sp³-hybridized carbons (Fsp3) is 0.333. The zero-order chi connectivity index (χ0) is 23.4. The third kappa shape index (κ3) is 4.95. The van der Waals surface area contributed by atoms with E-state index in [9.17, 15) is 18.0 Å². The summed E-state index contributed by atoms with van der Waals surface area (Å²) in [5.41, 5.74) is 0.0525. The molecule has 1 N–H and O–H groups in total. The Balaban J connectivity index is 1.75. The molecule has 174 valence electrons. The lowest BCUT2D eigenvalue weighted by Crippen LogP contribution is -2.32. The Hall–Kier alpha value is -2.75. The molecule has 3 heterocycles. The summed E-state index contributed by atoms with van der Waals surface area (Å²) in [6.45, 7) is 5.41. The van der Waals surface area contributed by atoms with E-state index < -0.39 is 21.4 Å². The van der Waals surface area contributed by atoms with Crippen LogP contribution in [-0.2, 0) is 23.1 Å². The van der Waals surface area contributed by atoms with Crippen molar-refractivity contribution in [3.05, 3.63) is 75.2 Å². The standard InChI is InChI=1S/C24H27N3O4S2/c1-2-11-26-17-21(24(29)25-16-18-8-7-14-32-18)23(28)20-15-19(9-10-22(20)26)33(30,31)27-12-5-3-4-6-13-27/h2,7-10,14-15,17H,1,3-6,11-13,16H2,(H,25,29). The van der Waals surface area contributed by atoms with Crippen molar-refractivity contribution < 1.29 is 13.2 Å². The van der Waals surface area contributed by atoms with E-state index in [-0.39, 0.29) is 15.8 Å². The Morgan fingerprint density at radius 1 is 1.15 bits per heavy atom. The van der Waals surface area contributed by atoms with Gasteiger partial charge in [-0.1, -0.05) is 25.0 Å². The number of carbonyl (C=O) groups excluding carboxylic acids is 1. The molecular formula is C24H27N3O4S2. The van der Waals surface area contributed by atoms with E-state index in [0.717, 1.165) is 30.6 Å². The van der Waals surface area contributed by atoms with Gasteiger partial charge in [-0.25, -0.2) is 8.42 Å². The van der Waals surface area contributed by atoms with Crippen molar-refractivity contribution in [2.75, 3.05) is 13.1 Å². The van der Waals surface area contributed by atoms with Crippen LogP contribution in [-0.4, -0.2) is 36.3 Å². The zero-order valence-corrected chi connectivity index (χ0v) is 20.0. The fourth-order valence-corrected chi connectivity index (χ4v) is 6.28. The molecule has 0 radical (unpaired) electrons. The summed E-state index contributed by atoms with van der Waals surface area (Å²) in [5.74, 6) is -0.492. The maximum absolute atomic E-state index is 13.3. The first-order valence-corrected chi connectivity index (χ1v) is 13.3. The molecule has 1 saturated heterocycles. The van der Waals surface area contributed by atoms with Gasteiger partial charge in [0.1, 0.15) is 5.56 Å². The van der Waals surface area contributed by atoms with Gasteiger partial charge in [-0.05, 0) is 42.5 Å². The normalized spacial score (nSPS) is 15.3. The highest BCUT2D eigenvalue weighted by atomic mass is 32.2. The number of nitrogens with zero attached hydrogens (tertiary/aromatic N) is 2. The Labute approximate surface area is 197 Å². The Kier molecular flexibility index (Phi) is 7.11. The minimum atomic E-state index is -3.73. The summed E-state index contributed by atoms with van der Waals surface area (Å²) < 4.78 is 29.8. The molecule has 1 amide bonds. The molecule has 0 spiro atoms. The molecule has 7 nitrogen and oxygen atoms in total. The number of allylic oxidation sites excluding steroid dienone is 1. The quantitative estimate of drug-likeness (QED) is 0.517. The number of carbonyl (C=O) groups is 1. The van der Waals surface area contributed by atoms with E-state index in [4.69, 9.17) is 0 Å². The number of sulfonamides is 1. The number of rotatable bonds is 7. The minimum absolute atomic E-state index is 0.0229. The van der Waals surface area contributed by atoms with Crippen molar-refractivity contribution in [1.29, 1.82) is 0 Å². The van der Waals surface area contributed by atoms with Crippen LogP contribution in [0.2, 0.25) is 0 Å². The molecule has 1 aromatic carbocycles. The topological polar surface area (TPSA) is 88.5 Å². The van der Waals surface area contributed by atoms with Crippen molar-refractivity contribution in [3.8, 4) is 0 Å². The first kappa shape index (κ1) is 23.4. The molecule has 0 atom stereocenters. The smallest absolute Gasteiger partial charge is 0.257 e. The molecule has 2 aromatic heterocycles. The third-order valence-electron chi connectivity index (χ3n) is 5.83. The average Bonchev–Trinajstić information content (AvgIpc) is 3.18. The average molecular weight is 486 g/mol. The van der Waals surface area contributed by atoms with Crippen LogP contribution in [0.1, 0.15) is 40.9 Å². The van der Waals surface area contributed by atoms with Gasteiger partial charge in [0.05, 0.1) is 17.0 Å². The molecule has 1 fully saturated rings. The highest BCUT2D eigenvalue weighted by Gasteiger charge is 2.26. The number of fused-ring (bicyclic) bond motifs is 1. The van der Waals surface area contributed by atoms with Crippen LogP contribution in [0, 0.1) is 0 Å². The van der Waals surface area contributed by atoms with E-state index in [1.54, 1.807) is 16.7 Å². The molecule has 1 aliphatic rings. The van der Waals surface area contributed by atoms with Crippen molar-refractivity contribution >= 4 is 38.2 Å². The Bertz CT molecular complexity index is 1320. The summed E-state index contributed by atoms with van der Waals surface area (Å²) in [6, 6.07) is 8.39. The molecule has 33 heavy (non-hydrogen) atoms. The number of nitrogens with one attached hydrogen (secondary N) is 1. The van der Waals surface area contributed by atoms with Crippen molar-refractivity contribution in [3.63, 3.8) is 0 Å². The van der Waals surface area contributed by atoms with E-state index in [0.29, 0.717) is 31.7 Å². The zero-order valence-electron chi connectivity index (χ0n) is 18.3. The second-order valence-corrected chi connectivity index (χ2v) is 11.0. The van der Waals surface area contributed by atoms with Gasteiger partial charge in [0.2, 0.25) is 15.5 Å². The van der Waals surface area contributed by atoms with Crippen LogP contribution < -0.4 is 10.7 Å². The van der Waals surface area contributed by atoms with Crippen molar-refractivity contribution in [2.45, 2.75) is 43.7 Å². The number of pyridine rings is 1. The first-order chi connectivity index (χ1) is 15.9. The summed E-state index contributed by atoms with van der Waals surface area (Å²) in [7, 11) is -3.73. The lowest BCUT2D eigenvalue weighted by atomic mass is 10.1. The molecular weight excluding hydrogens is 458 g/mol. The Morgan fingerprint density at radius 3 is 2.58 bits per heavy atom. The van der Waals surface area contributed by atoms with Crippen LogP contribution in [0.4, 0.5) is 0 Å². The molecule has 1 aliphatic heterocycles. The van der Waals surface area contributed by atoms with Crippen molar-refractivity contribution in [2.24, 2.45) is 0 Å². The van der Waals surface area contributed by atoms with Gasteiger partial charge in [-0.15, -0.1) is 17.9 Å². The van der Waals surface area contributed by atoms with E-state index in [1.165, 1.54) is 34.0 Å². The fourth-order valence-electron chi connectivity index (χ4n) is 4.10. The monoisotopic (exact) mass is 485 g/mol. The maximum Gasteiger partial charge on any atom is 0.257 e. The predicted molar refractivity (Wildman–Crippen MR) is 131 cm³/mol. The lowest BCUT2D eigenvalue weighted by Gasteiger charge is -2.20. The number of aromatic nitrogens is 1. The first-order valence-electron chi connectivity index (χ1n) is 11.0. The van der Waals surface area contributed by atoms with Crippen molar-refractivity contribution in [1.82, 2.24) is 14.2 Å².